The first-order valence-corrected chi connectivity index (χ1v) is 2.62. The molecule has 0 amide bonds. The van der Waals surface area contributed by atoms with Crippen molar-refractivity contribution in [1.29, 1.82) is 0 Å². The zero-order valence-corrected chi connectivity index (χ0v) is 9.24. The summed E-state index contributed by atoms with van der Waals surface area (Å²) < 4.78 is 0. The van der Waals surface area contributed by atoms with Gasteiger partial charge >= 0.3 is 40.8 Å². The molecule has 51 valence electrons. The van der Waals surface area contributed by atoms with Crippen LogP contribution in [0, 0.1) is 67.5 Å². The minimum Gasteiger partial charge on any atom is -0.358 e. The van der Waals surface area contributed by atoms with E-state index in [2.05, 4.69) is 19.2 Å². The van der Waals surface area contributed by atoms with Crippen LogP contribution in [0.25, 0.3) is 0 Å². The van der Waals surface area contributed by atoms with E-state index in [1.165, 1.54) is 0 Å². The summed E-state index contributed by atoms with van der Waals surface area (Å²) in [6.45, 7) is 9.85. The Balaban J connectivity index is 0. The van der Waals surface area contributed by atoms with E-state index in [1.807, 2.05) is 0 Å². The fourth-order valence-corrected chi connectivity index (χ4v) is 0.655. The minimum atomic E-state index is 0. The maximum Gasteiger partial charge on any atom is 3.00 e. The molecule has 1 rings (SSSR count). The Morgan fingerprint density at radius 1 is 1.44 bits per heavy atom. The van der Waals surface area contributed by atoms with Crippen LogP contribution in [0.1, 0.15) is 6.42 Å². The van der Waals surface area contributed by atoms with Crippen LogP contribution in [0.2, 0.25) is 0 Å². The Hall–Kier alpha value is 1.31. The molecule has 0 aliphatic carbocycles. The molecular weight excluding hydrogens is 242 g/mol. The van der Waals surface area contributed by atoms with Gasteiger partial charge in [-0.2, -0.15) is 5.41 Å². The van der Waals surface area contributed by atoms with Gasteiger partial charge in [-0.15, -0.1) is 0 Å². The fourth-order valence-electron chi connectivity index (χ4n) is 0.655. The zero-order valence-electron chi connectivity index (χ0n) is 6.04. The van der Waals surface area contributed by atoms with Gasteiger partial charge in [-0.25, -0.2) is 6.42 Å². The Kier molecular flexibility index (Phi) is 7.23. The van der Waals surface area contributed by atoms with Gasteiger partial charge in [-0.1, -0.05) is 0 Å². The van der Waals surface area contributed by atoms with Crippen LogP contribution in [0.15, 0.2) is 0 Å². The summed E-state index contributed by atoms with van der Waals surface area (Å²) in [6.07, 6.45) is 0.958. The minimum absolute atomic E-state index is 0. The maximum absolute atomic E-state index is 3.97. The van der Waals surface area contributed by atoms with Crippen LogP contribution in [0.3, 0.4) is 0 Å². The Bertz CT molecular complexity index is 63.8. The van der Waals surface area contributed by atoms with E-state index in [0.717, 1.165) is 19.5 Å². The molecule has 1 heterocycles. The molecule has 0 aromatic heterocycles. The van der Waals surface area contributed by atoms with Gasteiger partial charge in [0.1, 0.15) is 0 Å². The Morgan fingerprint density at radius 2 is 1.89 bits per heavy atom. The molecule has 0 atom stereocenters. The van der Waals surface area contributed by atoms with Crippen LogP contribution in [0.5, 0.6) is 0 Å². The number of nitrogens with one attached hydrogen (secondary N) is 1. The van der Waals surface area contributed by atoms with Crippen molar-refractivity contribution in [3.63, 3.8) is 0 Å². The van der Waals surface area contributed by atoms with Gasteiger partial charge in [-0.3, -0.25) is 0 Å². The van der Waals surface area contributed by atoms with Crippen molar-refractivity contribution in [3.05, 3.63) is 21.3 Å². The molecule has 1 fully saturated rings. The summed E-state index contributed by atoms with van der Waals surface area (Å²) in [7, 11) is 0. The van der Waals surface area contributed by atoms with Gasteiger partial charge in [0.15, 0.2) is 0 Å². The van der Waals surface area contributed by atoms with Crippen LogP contribution >= 0.6 is 0 Å². The van der Waals surface area contributed by atoms with Crippen LogP contribution in [0.4, 0.5) is 0 Å². The third-order valence-corrected chi connectivity index (χ3v) is 1.53. The first-order chi connectivity index (χ1) is 3.27. The van der Waals surface area contributed by atoms with Gasteiger partial charge < -0.3 is 26.6 Å². The maximum atomic E-state index is 3.97. The smallest absolute Gasteiger partial charge is 0.358 e. The summed E-state index contributed by atoms with van der Waals surface area (Å²) in [5.41, 5.74) is 0.292. The average molecular weight is 256 g/mol. The fraction of sp³-hybridized carbons (Fsp3) is 0.571. The van der Waals surface area contributed by atoms with Gasteiger partial charge in [0, 0.05) is 0 Å². The van der Waals surface area contributed by atoms with Crippen molar-refractivity contribution in [1.82, 2.24) is 5.32 Å². The van der Waals surface area contributed by atoms with Crippen molar-refractivity contribution in [2.45, 2.75) is 6.42 Å². The molecule has 9 heavy (non-hydrogen) atoms. The topological polar surface area (TPSA) is 12.0 Å². The summed E-state index contributed by atoms with van der Waals surface area (Å²) >= 11 is 0. The summed E-state index contributed by atoms with van der Waals surface area (Å²) in [4.78, 5) is 0. The summed E-state index contributed by atoms with van der Waals surface area (Å²) in [5, 5.41) is 3.15. The number of hydrogen-bond donors (Lipinski definition) is 1. The molecule has 1 radical (unpaired) electrons. The molecule has 0 saturated carbocycles. The molecule has 1 aliphatic rings. The molecule has 1 saturated heterocycles. The van der Waals surface area contributed by atoms with Crippen LogP contribution < -0.4 is 5.32 Å². The molecule has 1 aliphatic heterocycles. The van der Waals surface area contributed by atoms with Gasteiger partial charge in [-0.05, 0) is 13.1 Å². The second-order valence-corrected chi connectivity index (χ2v) is 2.35. The molecule has 0 aromatic carbocycles. The van der Waals surface area contributed by atoms with Crippen LogP contribution in [-0.2, 0) is 0 Å². The van der Waals surface area contributed by atoms with E-state index in [4.69, 9.17) is 0 Å². The van der Waals surface area contributed by atoms with E-state index < -0.39 is 0 Å². The number of hydrogen-bond acceptors (Lipinski definition) is 1. The van der Waals surface area contributed by atoms with Crippen molar-refractivity contribution >= 4 is 0 Å². The molecule has 0 aromatic rings. The molecule has 0 spiro atoms. The molecule has 1 N–H and O–H groups in total. The SMILES string of the molecule is [CH2-]CC1([CH2-])CNC1.[CH3-].[Nd+3]. The molecule has 0 bridgehead atoms. The van der Waals surface area contributed by atoms with Gasteiger partial charge in [0.25, 0.3) is 0 Å². The van der Waals surface area contributed by atoms with E-state index >= 15 is 0 Å². The first-order valence-electron chi connectivity index (χ1n) is 2.62. The zero-order chi connectivity index (χ0) is 5.33. The quantitative estimate of drug-likeness (QED) is 0.693. The second kappa shape index (κ2) is 5.03. The van der Waals surface area contributed by atoms with E-state index in [1.54, 1.807) is 0 Å². The van der Waals surface area contributed by atoms with Crippen molar-refractivity contribution in [2.24, 2.45) is 5.41 Å². The van der Waals surface area contributed by atoms with E-state index in [0.29, 0.717) is 5.41 Å². The molecule has 1 nitrogen and oxygen atoms in total. The summed E-state index contributed by atoms with van der Waals surface area (Å²) in [5.74, 6) is 0. The predicted molar refractivity (Wildman–Crippen MR) is 37.0 cm³/mol. The second-order valence-electron chi connectivity index (χ2n) is 2.35. The largest absolute Gasteiger partial charge is 3.00 e. The third kappa shape index (κ3) is 3.28. The molecular formula is C7H14NNd. The van der Waals surface area contributed by atoms with Crippen molar-refractivity contribution in [2.75, 3.05) is 13.1 Å². The summed E-state index contributed by atoms with van der Waals surface area (Å²) in [6, 6.07) is 0. The van der Waals surface area contributed by atoms with Gasteiger partial charge in [0.05, 0.1) is 0 Å². The molecule has 2 heteroatoms. The number of rotatable bonds is 1. The van der Waals surface area contributed by atoms with Crippen LogP contribution in [-0.4, -0.2) is 13.1 Å². The molecule has 0 unspecified atom stereocenters. The van der Waals surface area contributed by atoms with Crippen molar-refractivity contribution in [3.8, 4) is 0 Å². The van der Waals surface area contributed by atoms with E-state index in [-0.39, 0.29) is 48.3 Å². The van der Waals surface area contributed by atoms with E-state index in [9.17, 15) is 0 Å². The van der Waals surface area contributed by atoms with Crippen molar-refractivity contribution < 1.29 is 40.8 Å². The average Bonchev–Trinajstić information content (AvgIpc) is 1.61. The van der Waals surface area contributed by atoms with Gasteiger partial charge in [0.2, 0.25) is 0 Å². The predicted octanol–water partition coefficient (Wildman–Crippen LogP) is 1.08. The monoisotopic (exact) mass is 254 g/mol. The first kappa shape index (κ1) is 12.9. The normalized spacial score (nSPS) is 20.7. The third-order valence-electron chi connectivity index (χ3n) is 1.53. The Morgan fingerprint density at radius 3 is 1.89 bits per heavy atom. The standard InChI is InChI=1S/C6H11N.CH3.Nd/c1-3-6(2)4-7-5-6;;/h7H,1-5H2;1H3;/q-2;-1;+3. The Labute approximate surface area is 91.5 Å².